The minimum Gasteiger partial charge on any atom is -0.328 e. The minimum absolute atomic E-state index is 0.266. The Morgan fingerprint density at radius 3 is 2.82 bits per heavy atom. The lowest BCUT2D eigenvalue weighted by Gasteiger charge is -2.02. The van der Waals surface area contributed by atoms with E-state index in [1.165, 1.54) is 0 Å². The lowest BCUT2D eigenvalue weighted by molar-refractivity contribution is 0.246. The first-order valence-corrected chi connectivity index (χ1v) is 4.25. The van der Waals surface area contributed by atoms with Crippen molar-refractivity contribution in [2.24, 2.45) is 0 Å². The van der Waals surface area contributed by atoms with Crippen molar-refractivity contribution in [3.8, 4) is 0 Å². The van der Waals surface area contributed by atoms with Crippen molar-refractivity contribution in [2.45, 2.75) is 6.61 Å². The third-order valence-electron chi connectivity index (χ3n) is 1.18. The van der Waals surface area contributed by atoms with Crippen LogP contribution in [0, 0.1) is 0 Å². The highest BCUT2D eigenvalue weighted by Gasteiger charge is 1.98. The smallest absolute Gasteiger partial charge is 0.327 e. The van der Waals surface area contributed by atoms with E-state index in [2.05, 4.69) is 4.90 Å². The average molecular weight is 174 g/mol. The van der Waals surface area contributed by atoms with Crippen LogP contribution in [-0.4, -0.2) is 11.2 Å². The Morgan fingerprint density at radius 2 is 2.18 bits per heavy atom. The topological polar surface area (TPSA) is 49.7 Å². The van der Waals surface area contributed by atoms with E-state index in [0.717, 1.165) is 5.56 Å². The monoisotopic (exact) mass is 174 g/mol. The molecule has 0 saturated heterocycles. The zero-order chi connectivity index (χ0) is 8.81. The molecule has 0 radical (unpaired) electrons. The highest BCUT2D eigenvalue weighted by molar-refractivity contribution is 7.39. The van der Waals surface area contributed by atoms with Gasteiger partial charge in [-0.15, -0.1) is 0 Å². The summed E-state index contributed by atoms with van der Waals surface area (Å²) in [4.78, 5) is 12.6. The van der Waals surface area contributed by atoms with Crippen molar-refractivity contribution in [3.05, 3.63) is 35.9 Å². The molecule has 2 N–H and O–H groups in total. The molecule has 60 valence electrons. The maximum absolute atomic E-state index is 8.75. The second-order valence-corrected chi connectivity index (χ2v) is 2.73. The molecular formula is C7H9O3P. The fourth-order valence-corrected chi connectivity index (χ4v) is 0.964. The molecule has 0 aliphatic heterocycles. The lowest BCUT2D eigenvalue weighted by atomic mass is 10.2. The number of hydrogen-bond acceptors (Lipinski definition) is 3. The van der Waals surface area contributed by atoms with Gasteiger partial charge in [0.2, 0.25) is 1.43 Å². The van der Waals surface area contributed by atoms with Crippen LogP contribution < -0.4 is 0 Å². The third kappa shape index (κ3) is 3.44. The van der Waals surface area contributed by atoms with Gasteiger partial charge in [-0.1, -0.05) is 30.3 Å². The highest BCUT2D eigenvalue weighted by Crippen LogP contribution is 2.25. The summed E-state index contributed by atoms with van der Waals surface area (Å²) in [5.41, 5.74) is 0.941. The maximum Gasteiger partial charge on any atom is 0.327 e. The fourth-order valence-electron chi connectivity index (χ4n) is 0.704. The van der Waals surface area contributed by atoms with Gasteiger partial charge in [0.05, 0.1) is 6.61 Å². The van der Waals surface area contributed by atoms with E-state index >= 15 is 0 Å². The van der Waals surface area contributed by atoms with Gasteiger partial charge in [0, 0.05) is 0 Å². The maximum atomic E-state index is 8.75. The van der Waals surface area contributed by atoms with Gasteiger partial charge in [-0.25, -0.2) is 0 Å². The average Bonchev–Trinajstić information content (AvgIpc) is 2.16. The van der Waals surface area contributed by atoms with Crippen LogP contribution >= 0.6 is 8.60 Å². The highest BCUT2D eigenvalue weighted by atomic mass is 31.2. The van der Waals surface area contributed by atoms with Crippen LogP contribution in [-0.2, 0) is 11.1 Å². The SMILES string of the molecule is [3H]OP(O)OCc1ccccc1. The van der Waals surface area contributed by atoms with Gasteiger partial charge in [-0.2, -0.15) is 0 Å². The Labute approximate surface area is 67.7 Å². The molecule has 3 nitrogen and oxygen atoms in total. The summed E-state index contributed by atoms with van der Waals surface area (Å²) in [6.07, 6.45) is 0. The van der Waals surface area contributed by atoms with Crippen LogP contribution in [0.1, 0.15) is 5.56 Å². The van der Waals surface area contributed by atoms with Gasteiger partial charge in [0.15, 0.2) is 0 Å². The Morgan fingerprint density at radius 1 is 1.45 bits per heavy atom. The molecule has 1 unspecified atom stereocenters. The summed E-state index contributed by atoms with van der Waals surface area (Å²) in [5, 5.41) is 0. The molecule has 0 fully saturated rings. The second kappa shape index (κ2) is 4.42. The van der Waals surface area contributed by atoms with Gasteiger partial charge in [0.1, 0.15) is 0 Å². The lowest BCUT2D eigenvalue weighted by Crippen LogP contribution is -1.86. The number of rotatable bonds is 4. The first-order chi connectivity index (χ1) is 5.83. The summed E-state index contributed by atoms with van der Waals surface area (Å²) in [6, 6.07) is 9.38. The molecule has 0 spiro atoms. The van der Waals surface area contributed by atoms with Crippen molar-refractivity contribution in [1.82, 2.24) is 0 Å². The Kier molecular flexibility index (Phi) is 2.89. The molecule has 0 aliphatic rings. The van der Waals surface area contributed by atoms with E-state index in [1.807, 2.05) is 30.3 Å². The van der Waals surface area contributed by atoms with E-state index in [1.54, 1.807) is 0 Å². The number of benzene rings is 1. The normalized spacial score (nSPS) is 14.1. The third-order valence-corrected chi connectivity index (χ3v) is 1.53. The molecule has 1 aromatic carbocycles. The molecule has 11 heavy (non-hydrogen) atoms. The Balaban J connectivity index is 2.33. The first-order valence-electron chi connectivity index (χ1n) is 3.53. The van der Waals surface area contributed by atoms with E-state index in [0.29, 0.717) is 0 Å². The molecule has 1 atom stereocenters. The zero-order valence-corrected chi connectivity index (χ0v) is 6.70. The van der Waals surface area contributed by atoms with Crippen molar-refractivity contribution in [3.63, 3.8) is 0 Å². The molecule has 0 aliphatic carbocycles. The largest absolute Gasteiger partial charge is 0.328 e. The minimum atomic E-state index is -2.04. The Bertz CT molecular complexity index is 219. The van der Waals surface area contributed by atoms with Crippen LogP contribution in [0.15, 0.2) is 30.3 Å². The molecule has 4 heteroatoms. The summed E-state index contributed by atoms with van der Waals surface area (Å²) >= 11 is 0. The summed E-state index contributed by atoms with van der Waals surface area (Å²) in [6.45, 7) is 0.266. The van der Waals surface area contributed by atoms with Crippen LogP contribution in [0.25, 0.3) is 0 Å². The van der Waals surface area contributed by atoms with Crippen molar-refractivity contribution in [1.29, 1.82) is 1.43 Å². The summed E-state index contributed by atoms with van der Waals surface area (Å²) in [5.74, 6) is 0. The van der Waals surface area contributed by atoms with Crippen molar-refractivity contribution in [2.75, 3.05) is 0 Å². The van der Waals surface area contributed by atoms with Crippen LogP contribution in [0.2, 0.25) is 0 Å². The molecule has 1 rings (SSSR count). The molecule has 0 bridgehead atoms. The van der Waals surface area contributed by atoms with Gasteiger partial charge < -0.3 is 14.3 Å². The van der Waals surface area contributed by atoms with Crippen molar-refractivity contribution < 1.29 is 14.3 Å². The van der Waals surface area contributed by atoms with Crippen LogP contribution in [0.5, 0.6) is 0 Å². The molecule has 0 saturated carbocycles. The van der Waals surface area contributed by atoms with E-state index in [4.69, 9.17) is 10.8 Å². The van der Waals surface area contributed by atoms with E-state index < -0.39 is 8.60 Å². The quantitative estimate of drug-likeness (QED) is 0.678. The van der Waals surface area contributed by atoms with E-state index in [9.17, 15) is 0 Å². The van der Waals surface area contributed by atoms with Gasteiger partial charge in [0.25, 0.3) is 0 Å². The van der Waals surface area contributed by atoms with Crippen LogP contribution in [0.4, 0.5) is 0 Å². The molecule has 0 aromatic heterocycles. The van der Waals surface area contributed by atoms with E-state index in [-0.39, 0.29) is 6.61 Å². The van der Waals surface area contributed by atoms with Gasteiger partial charge >= 0.3 is 8.60 Å². The molecule has 1 aromatic rings. The van der Waals surface area contributed by atoms with Gasteiger partial charge in [-0.05, 0) is 5.56 Å². The molecular weight excluding hydrogens is 163 g/mol. The predicted octanol–water partition coefficient (Wildman–Crippen LogP) is 1.41. The molecule has 0 heterocycles. The number of hydrogen-bond donors (Lipinski definition) is 2. The van der Waals surface area contributed by atoms with Crippen LogP contribution in [0.3, 0.4) is 0 Å². The summed E-state index contributed by atoms with van der Waals surface area (Å²) in [7, 11) is -2.04. The summed E-state index contributed by atoms with van der Waals surface area (Å²) < 4.78 is 11.1. The Hall–Kier alpha value is -0.470. The van der Waals surface area contributed by atoms with Crippen molar-refractivity contribution >= 4 is 8.60 Å². The predicted molar refractivity (Wildman–Crippen MR) is 42.6 cm³/mol. The second-order valence-electron chi connectivity index (χ2n) is 2.00. The zero-order valence-electron chi connectivity index (χ0n) is 6.80. The standard InChI is InChI=1S/C7H9O3P/c8-11(9)10-6-7-4-2-1-3-5-7/h1-5,8-9H,6H2/i8T. The van der Waals surface area contributed by atoms with Gasteiger partial charge in [-0.3, -0.25) is 0 Å². The fraction of sp³-hybridized carbons (Fsp3) is 0.143. The molecule has 0 amide bonds. The first kappa shape index (κ1) is 7.19.